The van der Waals surface area contributed by atoms with Crippen LogP contribution in [0.3, 0.4) is 0 Å². The van der Waals surface area contributed by atoms with E-state index in [-0.39, 0.29) is 0 Å². The van der Waals surface area contributed by atoms with E-state index < -0.39 is 0 Å². The molecule has 0 aliphatic carbocycles. The van der Waals surface area contributed by atoms with Gasteiger partial charge in [0, 0.05) is 0 Å². The highest BCUT2D eigenvalue weighted by atomic mass is 14.0. The fourth-order valence-electron chi connectivity index (χ4n) is 1.07. The minimum atomic E-state index is 0.759. The molecule has 0 saturated heterocycles. The van der Waals surface area contributed by atoms with Crippen LogP contribution in [0.15, 0.2) is 12.2 Å². The first-order chi connectivity index (χ1) is 5.20. The predicted molar refractivity (Wildman–Crippen MR) is 52.7 cm³/mol. The van der Waals surface area contributed by atoms with Gasteiger partial charge >= 0.3 is 0 Å². The largest absolute Gasteiger partial charge is 0.0854 e. The molecule has 11 heavy (non-hydrogen) atoms. The van der Waals surface area contributed by atoms with Gasteiger partial charge < -0.3 is 0 Å². The van der Waals surface area contributed by atoms with Gasteiger partial charge in [-0.25, -0.2) is 0 Å². The van der Waals surface area contributed by atoms with Crippen molar-refractivity contribution in [3.05, 3.63) is 12.2 Å². The molecular weight excluding hydrogens is 132 g/mol. The summed E-state index contributed by atoms with van der Waals surface area (Å²) in [5.41, 5.74) is 0. The highest BCUT2D eigenvalue weighted by molar-refractivity contribution is 4.89. The molecule has 0 radical (unpaired) electrons. The van der Waals surface area contributed by atoms with Crippen LogP contribution >= 0.6 is 0 Å². The number of hydrogen-bond acceptors (Lipinski definition) is 0. The zero-order valence-corrected chi connectivity index (χ0v) is 8.43. The van der Waals surface area contributed by atoms with Crippen LogP contribution in [0, 0.1) is 11.8 Å². The maximum Gasteiger partial charge on any atom is -0.0262 e. The first-order valence-electron chi connectivity index (χ1n) is 4.89. The SMILES string of the molecule is CCCC(C)/C=C/C(C)CC. The molecule has 0 spiro atoms. The van der Waals surface area contributed by atoms with E-state index in [1.165, 1.54) is 19.3 Å². The number of rotatable bonds is 5. The summed E-state index contributed by atoms with van der Waals surface area (Å²) in [6, 6.07) is 0. The third-order valence-corrected chi connectivity index (χ3v) is 2.16. The molecule has 0 aromatic rings. The standard InChI is InChI=1S/C11H22/c1-5-7-11(4)9-8-10(3)6-2/h8-11H,5-7H2,1-4H3/b9-8+. The van der Waals surface area contributed by atoms with Gasteiger partial charge in [0.05, 0.1) is 0 Å². The van der Waals surface area contributed by atoms with Crippen molar-refractivity contribution in [1.29, 1.82) is 0 Å². The molecule has 0 fully saturated rings. The van der Waals surface area contributed by atoms with Crippen LogP contribution in [0.1, 0.15) is 47.0 Å². The quantitative estimate of drug-likeness (QED) is 0.524. The van der Waals surface area contributed by atoms with Crippen LogP contribution in [-0.4, -0.2) is 0 Å². The van der Waals surface area contributed by atoms with E-state index in [2.05, 4.69) is 39.8 Å². The highest BCUT2D eigenvalue weighted by Gasteiger charge is 1.95. The van der Waals surface area contributed by atoms with Gasteiger partial charge in [0.2, 0.25) is 0 Å². The Balaban J connectivity index is 3.54. The van der Waals surface area contributed by atoms with Gasteiger partial charge in [-0.05, 0) is 18.3 Å². The fraction of sp³-hybridized carbons (Fsp3) is 0.818. The van der Waals surface area contributed by atoms with Gasteiger partial charge in [0.25, 0.3) is 0 Å². The smallest absolute Gasteiger partial charge is 0.0262 e. The zero-order valence-electron chi connectivity index (χ0n) is 8.43. The fourth-order valence-corrected chi connectivity index (χ4v) is 1.07. The number of allylic oxidation sites excluding steroid dienone is 2. The molecule has 0 aromatic heterocycles. The summed E-state index contributed by atoms with van der Waals surface area (Å²) in [7, 11) is 0. The van der Waals surface area contributed by atoms with E-state index in [0.29, 0.717) is 0 Å². The van der Waals surface area contributed by atoms with E-state index in [9.17, 15) is 0 Å². The first kappa shape index (κ1) is 10.7. The summed E-state index contributed by atoms with van der Waals surface area (Å²) in [5.74, 6) is 1.53. The second-order valence-electron chi connectivity index (χ2n) is 3.54. The lowest BCUT2D eigenvalue weighted by Gasteiger charge is -2.04. The third kappa shape index (κ3) is 6.15. The van der Waals surface area contributed by atoms with Gasteiger partial charge in [0.1, 0.15) is 0 Å². The second-order valence-corrected chi connectivity index (χ2v) is 3.54. The normalized spacial score (nSPS) is 17.1. The van der Waals surface area contributed by atoms with Crippen molar-refractivity contribution in [2.45, 2.75) is 47.0 Å². The van der Waals surface area contributed by atoms with E-state index in [0.717, 1.165) is 11.8 Å². The highest BCUT2D eigenvalue weighted by Crippen LogP contribution is 2.09. The summed E-state index contributed by atoms with van der Waals surface area (Å²) in [4.78, 5) is 0. The Labute approximate surface area is 71.7 Å². The molecule has 2 atom stereocenters. The van der Waals surface area contributed by atoms with Crippen LogP contribution in [0.5, 0.6) is 0 Å². The average molecular weight is 154 g/mol. The Morgan fingerprint density at radius 2 is 1.55 bits per heavy atom. The van der Waals surface area contributed by atoms with E-state index >= 15 is 0 Å². The Morgan fingerprint density at radius 3 is 2.00 bits per heavy atom. The molecule has 0 bridgehead atoms. The van der Waals surface area contributed by atoms with Crippen molar-refractivity contribution in [2.75, 3.05) is 0 Å². The molecule has 0 aromatic carbocycles. The average Bonchev–Trinajstić information content (AvgIpc) is 2.01. The van der Waals surface area contributed by atoms with Crippen LogP contribution in [-0.2, 0) is 0 Å². The van der Waals surface area contributed by atoms with Crippen LogP contribution in [0.4, 0.5) is 0 Å². The molecule has 66 valence electrons. The summed E-state index contributed by atoms with van der Waals surface area (Å²) in [6.07, 6.45) is 8.59. The second kappa shape index (κ2) is 6.45. The Kier molecular flexibility index (Phi) is 6.30. The monoisotopic (exact) mass is 154 g/mol. The molecule has 0 saturated carbocycles. The molecule has 0 heterocycles. The Bertz CT molecular complexity index is 103. The summed E-state index contributed by atoms with van der Waals surface area (Å²) in [6.45, 7) is 9.05. The molecule has 0 heteroatoms. The van der Waals surface area contributed by atoms with Crippen molar-refractivity contribution in [3.63, 3.8) is 0 Å². The lowest BCUT2D eigenvalue weighted by Crippen LogP contribution is -1.90. The van der Waals surface area contributed by atoms with E-state index in [1.807, 2.05) is 0 Å². The van der Waals surface area contributed by atoms with Crippen molar-refractivity contribution in [3.8, 4) is 0 Å². The van der Waals surface area contributed by atoms with Gasteiger partial charge in [-0.2, -0.15) is 0 Å². The minimum absolute atomic E-state index is 0.759. The van der Waals surface area contributed by atoms with Crippen molar-refractivity contribution in [2.24, 2.45) is 11.8 Å². The lowest BCUT2D eigenvalue weighted by molar-refractivity contribution is 0.619. The molecular formula is C11H22. The lowest BCUT2D eigenvalue weighted by atomic mass is 10.0. The molecule has 0 aliphatic rings. The van der Waals surface area contributed by atoms with Gasteiger partial charge in [0.15, 0.2) is 0 Å². The number of hydrogen-bond donors (Lipinski definition) is 0. The van der Waals surface area contributed by atoms with Gasteiger partial charge in [-0.3, -0.25) is 0 Å². The first-order valence-corrected chi connectivity index (χ1v) is 4.89. The Morgan fingerprint density at radius 1 is 1.00 bits per heavy atom. The summed E-state index contributed by atoms with van der Waals surface area (Å²) < 4.78 is 0. The van der Waals surface area contributed by atoms with Gasteiger partial charge in [-0.15, -0.1) is 0 Å². The molecule has 2 unspecified atom stereocenters. The molecule has 0 N–H and O–H groups in total. The third-order valence-electron chi connectivity index (χ3n) is 2.16. The van der Waals surface area contributed by atoms with E-state index in [1.54, 1.807) is 0 Å². The van der Waals surface area contributed by atoms with Crippen LogP contribution in [0.25, 0.3) is 0 Å². The van der Waals surface area contributed by atoms with Crippen molar-refractivity contribution in [1.82, 2.24) is 0 Å². The Hall–Kier alpha value is -0.260. The van der Waals surface area contributed by atoms with Crippen molar-refractivity contribution < 1.29 is 0 Å². The van der Waals surface area contributed by atoms with Crippen molar-refractivity contribution >= 4 is 0 Å². The molecule has 0 amide bonds. The summed E-state index contributed by atoms with van der Waals surface area (Å²) in [5, 5.41) is 0. The van der Waals surface area contributed by atoms with Gasteiger partial charge in [-0.1, -0.05) is 52.7 Å². The predicted octanol–water partition coefficient (Wildman–Crippen LogP) is 4.02. The van der Waals surface area contributed by atoms with Crippen LogP contribution < -0.4 is 0 Å². The van der Waals surface area contributed by atoms with E-state index in [4.69, 9.17) is 0 Å². The summed E-state index contributed by atoms with van der Waals surface area (Å²) >= 11 is 0. The van der Waals surface area contributed by atoms with Crippen LogP contribution in [0.2, 0.25) is 0 Å². The molecule has 0 aliphatic heterocycles. The molecule has 0 rings (SSSR count). The molecule has 0 nitrogen and oxygen atoms in total. The minimum Gasteiger partial charge on any atom is -0.0854 e. The maximum atomic E-state index is 2.36. The topological polar surface area (TPSA) is 0 Å². The maximum absolute atomic E-state index is 2.36. The zero-order chi connectivity index (χ0) is 8.69.